The lowest BCUT2D eigenvalue weighted by Gasteiger charge is -2.06. The Morgan fingerprint density at radius 3 is 2.41 bits per heavy atom. The van der Waals surface area contributed by atoms with Crippen LogP contribution in [0.25, 0.3) is 11.4 Å². The number of nitrogens with zero attached hydrogens (tertiary/aromatic N) is 3. The first kappa shape index (κ1) is 13.7. The van der Waals surface area contributed by atoms with Crippen LogP contribution in [-0.4, -0.2) is 33.6 Å². The smallest absolute Gasteiger partial charge is 0.255 e. The van der Waals surface area contributed by atoms with Crippen LogP contribution in [-0.2, 0) is 0 Å². The summed E-state index contributed by atoms with van der Waals surface area (Å²) >= 11 is 0. The molecule has 110 valence electrons. The molecule has 1 aromatic heterocycles. The molecule has 0 saturated heterocycles. The molecule has 3 rings (SSSR count). The van der Waals surface area contributed by atoms with Gasteiger partial charge in [-0.1, -0.05) is 0 Å². The molecule has 0 spiro atoms. The highest BCUT2D eigenvalue weighted by Gasteiger charge is 2.07. The third-order valence-electron chi connectivity index (χ3n) is 3.10. The zero-order chi connectivity index (χ0) is 15.4. The van der Waals surface area contributed by atoms with Crippen molar-refractivity contribution >= 4 is 11.6 Å². The molecule has 0 aliphatic rings. The van der Waals surface area contributed by atoms with Crippen molar-refractivity contribution in [1.29, 1.82) is 0 Å². The summed E-state index contributed by atoms with van der Waals surface area (Å²) in [5.41, 5.74) is 2.06. The van der Waals surface area contributed by atoms with Crippen molar-refractivity contribution in [3.05, 3.63) is 54.1 Å². The number of ether oxygens (including phenoxy) is 1. The highest BCUT2D eigenvalue weighted by atomic mass is 16.5. The summed E-state index contributed by atoms with van der Waals surface area (Å²) in [6.07, 6.45) is 0. The van der Waals surface area contributed by atoms with Crippen LogP contribution in [0.3, 0.4) is 0 Å². The number of methoxy groups -OCH3 is 1. The molecule has 0 aliphatic heterocycles. The molecular formula is C15H13N5O2. The lowest BCUT2D eigenvalue weighted by Crippen LogP contribution is -2.11. The van der Waals surface area contributed by atoms with Gasteiger partial charge in [0.2, 0.25) is 5.82 Å². The molecule has 0 atom stereocenters. The number of rotatable bonds is 4. The topological polar surface area (TPSA) is 92.8 Å². The van der Waals surface area contributed by atoms with Gasteiger partial charge in [0, 0.05) is 16.8 Å². The summed E-state index contributed by atoms with van der Waals surface area (Å²) in [7, 11) is 1.58. The highest BCUT2D eigenvalue weighted by Crippen LogP contribution is 2.18. The minimum atomic E-state index is -0.185. The molecule has 0 saturated carbocycles. The van der Waals surface area contributed by atoms with Gasteiger partial charge in [-0.2, -0.15) is 5.21 Å². The van der Waals surface area contributed by atoms with Crippen molar-refractivity contribution in [1.82, 2.24) is 20.6 Å². The van der Waals surface area contributed by atoms with Gasteiger partial charge in [-0.05, 0) is 53.7 Å². The van der Waals surface area contributed by atoms with Gasteiger partial charge in [0.15, 0.2) is 0 Å². The van der Waals surface area contributed by atoms with E-state index in [0.717, 1.165) is 5.56 Å². The number of nitrogens with one attached hydrogen (secondary N) is 2. The first-order valence-corrected chi connectivity index (χ1v) is 6.55. The fourth-order valence-electron chi connectivity index (χ4n) is 1.93. The maximum absolute atomic E-state index is 12.1. The van der Waals surface area contributed by atoms with Crippen LogP contribution < -0.4 is 10.1 Å². The fourth-order valence-corrected chi connectivity index (χ4v) is 1.93. The van der Waals surface area contributed by atoms with Gasteiger partial charge in [0.1, 0.15) is 5.75 Å². The molecule has 3 aromatic rings. The lowest BCUT2D eigenvalue weighted by atomic mass is 10.1. The third kappa shape index (κ3) is 2.93. The molecule has 0 unspecified atom stereocenters. The maximum Gasteiger partial charge on any atom is 0.255 e. The van der Waals surface area contributed by atoms with Crippen molar-refractivity contribution in [2.24, 2.45) is 0 Å². The number of hydrogen-bond acceptors (Lipinski definition) is 5. The number of anilines is 1. The van der Waals surface area contributed by atoms with Crippen molar-refractivity contribution in [3.8, 4) is 17.1 Å². The zero-order valence-electron chi connectivity index (χ0n) is 11.8. The summed E-state index contributed by atoms with van der Waals surface area (Å²) in [6.45, 7) is 0. The number of aromatic nitrogens is 4. The van der Waals surface area contributed by atoms with Crippen molar-refractivity contribution < 1.29 is 9.53 Å². The summed E-state index contributed by atoms with van der Waals surface area (Å²) in [5, 5.41) is 16.5. The van der Waals surface area contributed by atoms with E-state index in [9.17, 15) is 4.79 Å². The Hall–Kier alpha value is -3.22. The Morgan fingerprint density at radius 2 is 1.82 bits per heavy atom. The summed E-state index contributed by atoms with van der Waals surface area (Å²) in [4.78, 5) is 12.1. The number of hydrogen-bond donors (Lipinski definition) is 2. The molecule has 2 N–H and O–H groups in total. The second-order valence-electron chi connectivity index (χ2n) is 4.50. The Balaban J connectivity index is 1.71. The Kier molecular flexibility index (Phi) is 3.78. The van der Waals surface area contributed by atoms with Crippen molar-refractivity contribution in [2.45, 2.75) is 0 Å². The normalized spacial score (nSPS) is 10.2. The van der Waals surface area contributed by atoms with Crippen LogP contribution >= 0.6 is 0 Å². The molecule has 1 amide bonds. The van der Waals surface area contributed by atoms with Gasteiger partial charge in [-0.25, -0.2) is 0 Å². The number of H-pyrrole nitrogens is 1. The van der Waals surface area contributed by atoms with E-state index in [0.29, 0.717) is 22.8 Å². The molecule has 7 nitrogen and oxygen atoms in total. The predicted octanol–water partition coefficient (Wildman–Crippen LogP) is 2.13. The van der Waals surface area contributed by atoms with E-state index in [-0.39, 0.29) is 5.91 Å². The van der Waals surface area contributed by atoms with Gasteiger partial charge in [-0.15, -0.1) is 10.2 Å². The van der Waals surface area contributed by atoms with Crippen LogP contribution in [0.5, 0.6) is 5.75 Å². The standard InChI is InChI=1S/C15H13N5O2/c1-22-13-8-4-11(5-9-13)15(21)16-12-6-2-10(3-7-12)14-17-19-20-18-14/h2-9H,1H3,(H,16,21)(H,17,18,19,20). The number of aromatic amines is 1. The van der Waals surface area contributed by atoms with Crippen molar-refractivity contribution in [2.75, 3.05) is 12.4 Å². The first-order valence-electron chi connectivity index (χ1n) is 6.55. The van der Waals surface area contributed by atoms with E-state index in [1.165, 1.54) is 0 Å². The summed E-state index contributed by atoms with van der Waals surface area (Å²) in [5.74, 6) is 1.03. The number of tetrazole rings is 1. The van der Waals surface area contributed by atoms with Crippen LogP contribution in [0.4, 0.5) is 5.69 Å². The number of carbonyl (C=O) groups excluding carboxylic acids is 1. The second kappa shape index (κ2) is 6.04. The van der Waals surface area contributed by atoms with Gasteiger partial charge < -0.3 is 10.1 Å². The largest absolute Gasteiger partial charge is 0.497 e. The zero-order valence-corrected chi connectivity index (χ0v) is 11.8. The van der Waals surface area contributed by atoms with Gasteiger partial charge in [0.05, 0.1) is 7.11 Å². The minimum absolute atomic E-state index is 0.185. The van der Waals surface area contributed by atoms with E-state index in [4.69, 9.17) is 4.74 Å². The van der Waals surface area contributed by atoms with E-state index < -0.39 is 0 Å². The van der Waals surface area contributed by atoms with Gasteiger partial charge in [-0.3, -0.25) is 4.79 Å². The summed E-state index contributed by atoms with van der Waals surface area (Å²) < 4.78 is 5.06. The van der Waals surface area contributed by atoms with E-state index in [2.05, 4.69) is 25.9 Å². The molecule has 0 fully saturated rings. The monoisotopic (exact) mass is 295 g/mol. The first-order chi connectivity index (χ1) is 10.8. The lowest BCUT2D eigenvalue weighted by molar-refractivity contribution is 0.102. The Morgan fingerprint density at radius 1 is 1.09 bits per heavy atom. The highest BCUT2D eigenvalue weighted by molar-refractivity contribution is 6.04. The van der Waals surface area contributed by atoms with Crippen LogP contribution in [0.1, 0.15) is 10.4 Å². The molecular weight excluding hydrogens is 282 g/mol. The predicted molar refractivity (Wildman–Crippen MR) is 80.6 cm³/mol. The van der Waals surface area contributed by atoms with Crippen molar-refractivity contribution in [3.63, 3.8) is 0 Å². The molecule has 22 heavy (non-hydrogen) atoms. The minimum Gasteiger partial charge on any atom is -0.497 e. The quantitative estimate of drug-likeness (QED) is 0.769. The van der Waals surface area contributed by atoms with Crippen LogP contribution in [0.15, 0.2) is 48.5 Å². The SMILES string of the molecule is COc1ccc(C(=O)Nc2ccc(-c3nn[nH]n3)cc2)cc1. The maximum atomic E-state index is 12.1. The van der Waals surface area contributed by atoms with Crippen LogP contribution in [0, 0.1) is 0 Å². The van der Waals surface area contributed by atoms with Gasteiger partial charge >= 0.3 is 0 Å². The Bertz CT molecular complexity index is 752. The molecule has 0 radical (unpaired) electrons. The molecule has 0 bridgehead atoms. The van der Waals surface area contributed by atoms with E-state index in [1.807, 2.05) is 12.1 Å². The van der Waals surface area contributed by atoms with E-state index in [1.54, 1.807) is 43.5 Å². The number of amides is 1. The fraction of sp³-hybridized carbons (Fsp3) is 0.0667. The van der Waals surface area contributed by atoms with Crippen LogP contribution in [0.2, 0.25) is 0 Å². The molecule has 7 heteroatoms. The van der Waals surface area contributed by atoms with Gasteiger partial charge in [0.25, 0.3) is 5.91 Å². The second-order valence-corrected chi connectivity index (χ2v) is 4.50. The molecule has 1 heterocycles. The number of carbonyl (C=O) groups is 1. The Labute approximate surface area is 126 Å². The molecule has 2 aromatic carbocycles. The van der Waals surface area contributed by atoms with E-state index >= 15 is 0 Å². The molecule has 0 aliphatic carbocycles. The number of benzene rings is 2. The third-order valence-corrected chi connectivity index (χ3v) is 3.10. The summed E-state index contributed by atoms with van der Waals surface area (Å²) in [6, 6.07) is 14.1. The average molecular weight is 295 g/mol. The average Bonchev–Trinajstić information content (AvgIpc) is 3.10.